The molecule has 24 heavy (non-hydrogen) atoms. The van der Waals surface area contributed by atoms with E-state index in [2.05, 4.69) is 5.32 Å². The Balaban J connectivity index is 2.51. The number of aliphatic hydroxyl groups excluding tert-OH is 2. The molecule has 3 N–H and O–H groups in total. The second-order valence-electron chi connectivity index (χ2n) is 6.78. The van der Waals surface area contributed by atoms with Crippen molar-refractivity contribution in [1.29, 1.82) is 0 Å². The van der Waals surface area contributed by atoms with E-state index in [-0.39, 0.29) is 19.1 Å². The molecule has 0 radical (unpaired) electrons. The van der Waals surface area contributed by atoms with Gasteiger partial charge in [0.1, 0.15) is 18.5 Å². The molecule has 0 spiro atoms. The van der Waals surface area contributed by atoms with Crippen LogP contribution in [0.2, 0.25) is 0 Å². The molecule has 1 rings (SSSR count). The van der Waals surface area contributed by atoms with Crippen LogP contribution in [0.5, 0.6) is 5.75 Å². The fraction of sp³-hybridized carbons (Fsp3) is 0.611. The zero-order valence-electron chi connectivity index (χ0n) is 14.9. The van der Waals surface area contributed by atoms with Gasteiger partial charge in [-0.2, -0.15) is 0 Å². The molecule has 0 fully saturated rings. The van der Waals surface area contributed by atoms with Crippen LogP contribution in [0.1, 0.15) is 26.3 Å². The average molecular weight is 339 g/mol. The van der Waals surface area contributed by atoms with Crippen LogP contribution >= 0.6 is 0 Å². The summed E-state index contributed by atoms with van der Waals surface area (Å²) >= 11 is 0. The van der Waals surface area contributed by atoms with Gasteiger partial charge in [0, 0.05) is 12.5 Å². The van der Waals surface area contributed by atoms with Crippen LogP contribution in [-0.2, 0) is 16.0 Å². The van der Waals surface area contributed by atoms with E-state index >= 15 is 0 Å². The monoisotopic (exact) mass is 339 g/mol. The number of ether oxygens (including phenoxy) is 2. The first kappa shape index (κ1) is 20.4. The predicted molar refractivity (Wildman–Crippen MR) is 92.0 cm³/mol. The van der Waals surface area contributed by atoms with Gasteiger partial charge in [0.05, 0.1) is 19.3 Å². The molecule has 136 valence electrons. The fourth-order valence-corrected chi connectivity index (χ4v) is 1.92. The Hall–Kier alpha value is -1.63. The van der Waals surface area contributed by atoms with Gasteiger partial charge in [-0.05, 0) is 24.1 Å². The highest BCUT2D eigenvalue weighted by atomic mass is 16.5. The molecule has 0 heterocycles. The number of carbonyl (C=O) groups excluding carboxylic acids is 1. The van der Waals surface area contributed by atoms with Crippen LogP contribution in [0.4, 0.5) is 0 Å². The molecular formula is C18H29NO5. The van der Waals surface area contributed by atoms with Gasteiger partial charge >= 0.3 is 0 Å². The number of amides is 1. The van der Waals surface area contributed by atoms with Gasteiger partial charge < -0.3 is 25.0 Å². The molecule has 1 aromatic rings. The average Bonchev–Trinajstić information content (AvgIpc) is 2.55. The van der Waals surface area contributed by atoms with E-state index in [1.165, 1.54) is 0 Å². The Kier molecular flexibility index (Phi) is 8.18. The number of methoxy groups -OCH3 is 1. The maximum absolute atomic E-state index is 12.0. The number of nitrogens with one attached hydrogen (secondary N) is 1. The smallest absolute Gasteiger partial charge is 0.225 e. The normalized spacial score (nSPS) is 14.1. The first-order valence-electron chi connectivity index (χ1n) is 8.08. The Morgan fingerprint density at radius 2 is 1.88 bits per heavy atom. The van der Waals surface area contributed by atoms with Crippen molar-refractivity contribution in [2.75, 3.05) is 26.9 Å². The maximum atomic E-state index is 12.0. The molecule has 2 atom stereocenters. The lowest BCUT2D eigenvalue weighted by Crippen LogP contribution is -2.51. The number of aliphatic hydroxyl groups is 2. The van der Waals surface area contributed by atoms with Gasteiger partial charge in [0.25, 0.3) is 0 Å². The second kappa shape index (κ2) is 9.61. The molecule has 0 aliphatic rings. The molecule has 0 bridgehead atoms. The third-order valence-electron chi connectivity index (χ3n) is 3.60. The van der Waals surface area contributed by atoms with Crippen LogP contribution in [0.15, 0.2) is 24.3 Å². The van der Waals surface area contributed by atoms with Gasteiger partial charge in [-0.25, -0.2) is 0 Å². The number of hydrogen-bond donors (Lipinski definition) is 3. The number of benzene rings is 1. The summed E-state index contributed by atoms with van der Waals surface area (Å²) in [5.74, 6) is 0.386. The highest BCUT2D eigenvalue weighted by molar-refractivity contribution is 5.81. The van der Waals surface area contributed by atoms with Crippen molar-refractivity contribution in [2.24, 2.45) is 5.41 Å². The van der Waals surface area contributed by atoms with Gasteiger partial charge in [0.2, 0.25) is 5.91 Å². The summed E-state index contributed by atoms with van der Waals surface area (Å²) in [4.78, 5) is 12.0. The van der Waals surface area contributed by atoms with Gasteiger partial charge in [-0.15, -0.1) is 0 Å². The Morgan fingerprint density at radius 3 is 2.38 bits per heavy atom. The van der Waals surface area contributed by atoms with Crippen LogP contribution < -0.4 is 10.1 Å². The van der Waals surface area contributed by atoms with Crippen LogP contribution in [0.3, 0.4) is 0 Å². The van der Waals surface area contributed by atoms with Crippen molar-refractivity contribution in [3.8, 4) is 5.75 Å². The Labute approximate surface area is 143 Å². The van der Waals surface area contributed by atoms with Crippen molar-refractivity contribution in [3.05, 3.63) is 29.8 Å². The lowest BCUT2D eigenvalue weighted by Gasteiger charge is -2.26. The topological polar surface area (TPSA) is 88.0 Å². The van der Waals surface area contributed by atoms with Crippen LogP contribution in [-0.4, -0.2) is 55.2 Å². The first-order valence-corrected chi connectivity index (χ1v) is 8.08. The number of rotatable bonds is 9. The largest absolute Gasteiger partial charge is 0.491 e. The molecule has 0 aliphatic carbocycles. The SMILES string of the molecule is COCCc1ccc(OC[C@@H](O)[C@H](CO)NC(=O)C(C)(C)C)cc1. The molecule has 1 amide bonds. The minimum Gasteiger partial charge on any atom is -0.491 e. The summed E-state index contributed by atoms with van der Waals surface area (Å²) in [5.41, 5.74) is 0.543. The second-order valence-corrected chi connectivity index (χ2v) is 6.78. The lowest BCUT2D eigenvalue weighted by atomic mass is 9.95. The van der Waals surface area contributed by atoms with Gasteiger partial charge in [0.15, 0.2) is 0 Å². The summed E-state index contributed by atoms with van der Waals surface area (Å²) in [7, 11) is 1.66. The summed E-state index contributed by atoms with van der Waals surface area (Å²) in [6.07, 6.45) is -0.181. The first-order chi connectivity index (χ1) is 11.3. The maximum Gasteiger partial charge on any atom is 0.225 e. The van der Waals surface area contributed by atoms with Crippen molar-refractivity contribution in [2.45, 2.75) is 39.3 Å². The zero-order valence-corrected chi connectivity index (χ0v) is 14.9. The van der Waals surface area contributed by atoms with Crippen LogP contribution in [0, 0.1) is 5.41 Å². The van der Waals surface area contributed by atoms with Crippen molar-refractivity contribution in [3.63, 3.8) is 0 Å². The molecule has 0 saturated heterocycles. The van der Waals surface area contributed by atoms with Crippen molar-refractivity contribution in [1.82, 2.24) is 5.32 Å². The molecular weight excluding hydrogens is 310 g/mol. The minimum atomic E-state index is -1.01. The minimum absolute atomic E-state index is 0.0208. The summed E-state index contributed by atoms with van der Waals surface area (Å²) in [6.45, 7) is 5.58. The third-order valence-corrected chi connectivity index (χ3v) is 3.60. The highest BCUT2D eigenvalue weighted by Crippen LogP contribution is 2.15. The van der Waals surface area contributed by atoms with E-state index in [4.69, 9.17) is 9.47 Å². The molecule has 0 aromatic heterocycles. The highest BCUT2D eigenvalue weighted by Gasteiger charge is 2.27. The van der Waals surface area contributed by atoms with Crippen LogP contribution in [0.25, 0.3) is 0 Å². The van der Waals surface area contributed by atoms with Gasteiger partial charge in [-0.1, -0.05) is 32.9 Å². The molecule has 0 aliphatic heterocycles. The van der Waals surface area contributed by atoms with E-state index in [1.54, 1.807) is 27.9 Å². The number of carbonyl (C=O) groups is 1. The molecule has 1 aromatic carbocycles. The Morgan fingerprint density at radius 1 is 1.25 bits per heavy atom. The van der Waals surface area contributed by atoms with E-state index in [0.717, 1.165) is 12.0 Å². The lowest BCUT2D eigenvalue weighted by molar-refractivity contribution is -0.130. The standard InChI is InChI=1S/C18H29NO5/c1-18(2,3)17(22)19-15(11-20)16(21)12-24-14-7-5-13(6-8-14)9-10-23-4/h5-8,15-16,20-21H,9-12H2,1-4H3,(H,19,22)/t15-,16+/m0/s1. The summed E-state index contributed by atoms with van der Waals surface area (Å²) < 4.78 is 10.6. The van der Waals surface area contributed by atoms with E-state index < -0.39 is 17.6 Å². The fourth-order valence-electron chi connectivity index (χ4n) is 1.92. The Bertz CT molecular complexity index is 495. The number of hydrogen-bond acceptors (Lipinski definition) is 5. The van der Waals surface area contributed by atoms with Crippen molar-refractivity contribution < 1.29 is 24.5 Å². The molecule has 6 heteroatoms. The molecule has 6 nitrogen and oxygen atoms in total. The van der Waals surface area contributed by atoms with Gasteiger partial charge in [-0.3, -0.25) is 4.79 Å². The quantitative estimate of drug-likeness (QED) is 0.628. The van der Waals surface area contributed by atoms with E-state index in [0.29, 0.717) is 12.4 Å². The predicted octanol–water partition coefficient (Wildman–Crippen LogP) is 1.14. The third kappa shape index (κ3) is 6.86. The van der Waals surface area contributed by atoms with E-state index in [9.17, 15) is 15.0 Å². The van der Waals surface area contributed by atoms with E-state index in [1.807, 2.05) is 24.3 Å². The molecule has 0 unspecified atom stereocenters. The summed E-state index contributed by atoms with van der Waals surface area (Å²) in [6, 6.07) is 6.74. The molecule has 0 saturated carbocycles. The zero-order chi connectivity index (χ0) is 18.2. The van der Waals surface area contributed by atoms with Crippen molar-refractivity contribution >= 4 is 5.91 Å². The summed E-state index contributed by atoms with van der Waals surface area (Å²) in [5, 5.41) is 22.2.